The predicted octanol–water partition coefficient (Wildman–Crippen LogP) is 2.94. The van der Waals surface area contributed by atoms with Crippen molar-refractivity contribution in [3.8, 4) is 0 Å². The minimum atomic E-state index is 0.366. The Balaban J connectivity index is 1.73. The van der Waals surface area contributed by atoms with Gasteiger partial charge in [0.2, 0.25) is 0 Å². The molecular weight excluding hydrogens is 230 g/mol. The summed E-state index contributed by atoms with van der Waals surface area (Å²) in [6.07, 6.45) is 5.12. The van der Waals surface area contributed by atoms with Gasteiger partial charge in [0.05, 0.1) is 0 Å². The van der Waals surface area contributed by atoms with Gasteiger partial charge in [-0.05, 0) is 50.3 Å². The van der Waals surface area contributed by atoms with Crippen LogP contribution in [0.1, 0.15) is 35.4 Å². The van der Waals surface area contributed by atoms with Crippen LogP contribution in [0, 0.1) is 18.8 Å². The Morgan fingerprint density at radius 2 is 2.06 bits per heavy atom. The molecule has 1 heterocycles. The Morgan fingerprint density at radius 3 is 2.71 bits per heavy atom. The number of rotatable bonds is 5. The third-order valence-corrected chi connectivity index (χ3v) is 4.80. The lowest BCUT2D eigenvalue weighted by molar-refractivity contribution is 0.133. The van der Waals surface area contributed by atoms with Crippen LogP contribution < -0.4 is 5.32 Å². The van der Waals surface area contributed by atoms with E-state index in [1.165, 1.54) is 35.4 Å². The van der Waals surface area contributed by atoms with Crippen LogP contribution in [0.15, 0.2) is 12.1 Å². The summed E-state index contributed by atoms with van der Waals surface area (Å²) in [7, 11) is 0. The Morgan fingerprint density at radius 1 is 1.29 bits per heavy atom. The molecule has 1 aromatic rings. The first-order chi connectivity index (χ1) is 8.29. The average molecular weight is 253 g/mol. The van der Waals surface area contributed by atoms with E-state index in [1.54, 1.807) is 0 Å². The molecule has 1 saturated carbocycles. The molecule has 96 valence electrons. The third-order valence-electron chi connectivity index (χ3n) is 3.80. The van der Waals surface area contributed by atoms with Crippen LogP contribution in [-0.4, -0.2) is 18.3 Å². The van der Waals surface area contributed by atoms with Crippen LogP contribution in [0.5, 0.6) is 0 Å². The molecule has 0 spiro atoms. The number of aryl methyl sites for hydroxylation is 1. The Hall–Kier alpha value is -0.380. The molecule has 3 heteroatoms. The zero-order valence-corrected chi connectivity index (χ0v) is 11.4. The lowest BCUT2D eigenvalue weighted by Gasteiger charge is -2.30. The Bertz CT molecular complexity index is 337. The van der Waals surface area contributed by atoms with Crippen LogP contribution in [0.25, 0.3) is 0 Å². The van der Waals surface area contributed by atoms with Crippen molar-refractivity contribution in [2.45, 2.75) is 39.2 Å². The largest absolute Gasteiger partial charge is 0.396 e. The zero-order valence-electron chi connectivity index (χ0n) is 10.6. The van der Waals surface area contributed by atoms with Gasteiger partial charge in [0.15, 0.2) is 0 Å². The fourth-order valence-electron chi connectivity index (χ4n) is 2.75. The van der Waals surface area contributed by atoms with E-state index in [1.807, 2.05) is 11.3 Å². The van der Waals surface area contributed by atoms with Gasteiger partial charge in [0, 0.05) is 22.9 Å². The van der Waals surface area contributed by atoms with E-state index in [2.05, 4.69) is 24.4 Å². The molecule has 2 N–H and O–H groups in total. The summed E-state index contributed by atoms with van der Waals surface area (Å²) in [4.78, 5) is 2.80. The molecule has 0 aliphatic heterocycles. The summed E-state index contributed by atoms with van der Waals surface area (Å²) in [6, 6.07) is 4.39. The molecule has 2 unspecified atom stereocenters. The lowest BCUT2D eigenvalue weighted by atomic mass is 9.79. The summed E-state index contributed by atoms with van der Waals surface area (Å²) in [5.74, 6) is 1.20. The minimum Gasteiger partial charge on any atom is -0.396 e. The van der Waals surface area contributed by atoms with Crippen LogP contribution in [-0.2, 0) is 6.54 Å². The van der Waals surface area contributed by atoms with Gasteiger partial charge in [-0.25, -0.2) is 0 Å². The number of thiophene rings is 1. The standard InChI is InChI=1S/C14H23NOS/c1-11-6-7-14(17-11)9-15-8-12-4-2-3-5-13(12)10-16/h6-7,12-13,15-16H,2-5,8-10H2,1H3. The molecule has 2 rings (SSSR count). The van der Waals surface area contributed by atoms with Crippen LogP contribution in [0.3, 0.4) is 0 Å². The maximum absolute atomic E-state index is 9.36. The molecule has 2 nitrogen and oxygen atoms in total. The summed E-state index contributed by atoms with van der Waals surface area (Å²) in [5.41, 5.74) is 0. The second kappa shape index (κ2) is 6.53. The van der Waals surface area contributed by atoms with E-state index < -0.39 is 0 Å². The fraction of sp³-hybridized carbons (Fsp3) is 0.714. The normalized spacial score (nSPS) is 25.1. The molecule has 1 aliphatic rings. The van der Waals surface area contributed by atoms with Crippen molar-refractivity contribution >= 4 is 11.3 Å². The number of hydrogen-bond acceptors (Lipinski definition) is 3. The molecule has 0 saturated heterocycles. The SMILES string of the molecule is Cc1ccc(CNCC2CCCCC2CO)s1. The van der Waals surface area contributed by atoms with Crippen molar-refractivity contribution in [1.29, 1.82) is 0 Å². The molecule has 0 aromatic carbocycles. The van der Waals surface area contributed by atoms with Gasteiger partial charge in [-0.15, -0.1) is 11.3 Å². The van der Waals surface area contributed by atoms with Gasteiger partial charge in [-0.3, -0.25) is 0 Å². The highest BCUT2D eigenvalue weighted by Gasteiger charge is 2.23. The smallest absolute Gasteiger partial charge is 0.0462 e. The van der Waals surface area contributed by atoms with Crippen molar-refractivity contribution in [3.63, 3.8) is 0 Å². The maximum Gasteiger partial charge on any atom is 0.0462 e. The highest BCUT2D eigenvalue weighted by Crippen LogP contribution is 2.29. The second-order valence-electron chi connectivity index (χ2n) is 5.13. The number of hydrogen-bond donors (Lipinski definition) is 2. The Labute approximate surface area is 108 Å². The molecular formula is C14H23NOS. The molecule has 0 radical (unpaired) electrons. The van der Waals surface area contributed by atoms with Gasteiger partial charge in [0.25, 0.3) is 0 Å². The molecule has 1 fully saturated rings. The van der Waals surface area contributed by atoms with Crippen molar-refractivity contribution < 1.29 is 5.11 Å². The topological polar surface area (TPSA) is 32.3 Å². The predicted molar refractivity (Wildman–Crippen MR) is 73.3 cm³/mol. The number of nitrogens with one attached hydrogen (secondary N) is 1. The van der Waals surface area contributed by atoms with Crippen molar-refractivity contribution in [2.75, 3.05) is 13.2 Å². The van der Waals surface area contributed by atoms with Gasteiger partial charge in [-0.2, -0.15) is 0 Å². The maximum atomic E-state index is 9.36. The van der Waals surface area contributed by atoms with Gasteiger partial charge >= 0.3 is 0 Å². The van der Waals surface area contributed by atoms with E-state index in [0.717, 1.165) is 13.1 Å². The minimum absolute atomic E-state index is 0.366. The average Bonchev–Trinajstić information content (AvgIpc) is 2.76. The highest BCUT2D eigenvalue weighted by molar-refractivity contribution is 7.11. The van der Waals surface area contributed by atoms with Crippen molar-refractivity contribution in [3.05, 3.63) is 21.9 Å². The molecule has 1 aliphatic carbocycles. The molecule has 17 heavy (non-hydrogen) atoms. The molecule has 0 amide bonds. The number of aliphatic hydroxyl groups is 1. The van der Waals surface area contributed by atoms with Gasteiger partial charge < -0.3 is 10.4 Å². The summed E-state index contributed by atoms with van der Waals surface area (Å²) < 4.78 is 0. The summed E-state index contributed by atoms with van der Waals surface area (Å²) >= 11 is 1.87. The van der Waals surface area contributed by atoms with Crippen LogP contribution >= 0.6 is 11.3 Å². The molecule has 2 atom stereocenters. The first kappa shape index (κ1) is 13.1. The molecule has 0 bridgehead atoms. The van der Waals surface area contributed by atoms with Crippen LogP contribution in [0.2, 0.25) is 0 Å². The van der Waals surface area contributed by atoms with E-state index in [4.69, 9.17) is 0 Å². The number of aliphatic hydroxyl groups excluding tert-OH is 1. The van der Waals surface area contributed by atoms with Gasteiger partial charge in [-0.1, -0.05) is 12.8 Å². The zero-order chi connectivity index (χ0) is 12.1. The van der Waals surface area contributed by atoms with E-state index in [0.29, 0.717) is 18.4 Å². The van der Waals surface area contributed by atoms with Crippen molar-refractivity contribution in [2.24, 2.45) is 11.8 Å². The first-order valence-electron chi connectivity index (χ1n) is 6.66. The van der Waals surface area contributed by atoms with E-state index in [9.17, 15) is 5.11 Å². The quantitative estimate of drug-likeness (QED) is 0.845. The molecule has 1 aromatic heterocycles. The van der Waals surface area contributed by atoms with Crippen LogP contribution in [0.4, 0.5) is 0 Å². The van der Waals surface area contributed by atoms with Crippen molar-refractivity contribution in [1.82, 2.24) is 5.32 Å². The first-order valence-corrected chi connectivity index (χ1v) is 7.48. The van der Waals surface area contributed by atoms with Gasteiger partial charge in [0.1, 0.15) is 0 Å². The highest BCUT2D eigenvalue weighted by atomic mass is 32.1. The third kappa shape index (κ3) is 3.80. The van der Waals surface area contributed by atoms with E-state index in [-0.39, 0.29) is 0 Å². The Kier molecular flexibility index (Phi) is 5.01. The second-order valence-corrected chi connectivity index (χ2v) is 6.50. The summed E-state index contributed by atoms with van der Waals surface area (Å²) in [5, 5.41) is 12.9. The monoisotopic (exact) mass is 253 g/mol. The van der Waals surface area contributed by atoms with E-state index >= 15 is 0 Å². The fourth-order valence-corrected chi connectivity index (χ4v) is 3.61. The summed E-state index contributed by atoms with van der Waals surface area (Å²) in [6.45, 7) is 4.55. The lowest BCUT2D eigenvalue weighted by Crippen LogP contribution is -2.32.